The molecule has 1 N–H and O–H groups in total. The Kier molecular flexibility index (Phi) is 2.35. The molecular weight excluding hydrogens is 210 g/mol. The maximum absolute atomic E-state index is 11.5. The number of nitriles is 1. The van der Waals surface area contributed by atoms with E-state index in [1.54, 1.807) is 0 Å². The van der Waals surface area contributed by atoms with Crippen molar-refractivity contribution in [3.05, 3.63) is 40.2 Å². The smallest absolute Gasteiger partial charge is 0.336 e. The van der Waals surface area contributed by atoms with Crippen LogP contribution in [-0.2, 0) is 0 Å². The minimum atomic E-state index is -1.60. The Balaban J connectivity index is 2.89. The molecule has 0 aliphatic heterocycles. The molecule has 80 valence electrons. The number of fused-ring (bicyclic) bond motifs is 1. The van der Waals surface area contributed by atoms with Crippen LogP contribution in [0.15, 0.2) is 33.5 Å². The standard InChI is InChI=1S/C11H7NO4/c12-5-8(14)10-7(13)3-1-6-2-4-9(15)16-11(6)10/h1-4,8,13-14H/p-1/t8-/m0/s1. The highest BCUT2D eigenvalue weighted by molar-refractivity contribution is 5.82. The van der Waals surface area contributed by atoms with E-state index in [1.807, 2.05) is 0 Å². The van der Waals surface area contributed by atoms with Crippen LogP contribution in [0.4, 0.5) is 0 Å². The third-order valence-corrected chi connectivity index (χ3v) is 2.18. The summed E-state index contributed by atoms with van der Waals surface area (Å²) in [6.07, 6.45) is -1.60. The number of rotatable bonds is 1. The second-order valence-electron chi connectivity index (χ2n) is 3.18. The lowest BCUT2D eigenvalue weighted by molar-refractivity contribution is -0.270. The van der Waals surface area contributed by atoms with Gasteiger partial charge in [0.1, 0.15) is 5.58 Å². The van der Waals surface area contributed by atoms with Crippen LogP contribution in [0.2, 0.25) is 0 Å². The first-order valence-electron chi connectivity index (χ1n) is 4.45. The van der Waals surface area contributed by atoms with Crippen LogP contribution < -0.4 is 10.7 Å². The van der Waals surface area contributed by atoms with Crippen LogP contribution in [0.5, 0.6) is 5.75 Å². The molecule has 0 amide bonds. The van der Waals surface area contributed by atoms with E-state index < -0.39 is 17.5 Å². The Morgan fingerprint density at radius 3 is 2.75 bits per heavy atom. The van der Waals surface area contributed by atoms with E-state index >= 15 is 0 Å². The van der Waals surface area contributed by atoms with Gasteiger partial charge in [0.05, 0.1) is 6.07 Å². The van der Waals surface area contributed by atoms with E-state index in [4.69, 9.17) is 9.68 Å². The Morgan fingerprint density at radius 2 is 2.06 bits per heavy atom. The lowest BCUT2D eigenvalue weighted by atomic mass is 10.1. The van der Waals surface area contributed by atoms with Crippen molar-refractivity contribution in [3.63, 3.8) is 0 Å². The topological polar surface area (TPSA) is 97.3 Å². The molecule has 0 spiro atoms. The highest BCUT2D eigenvalue weighted by Crippen LogP contribution is 2.29. The molecule has 5 nitrogen and oxygen atoms in total. The van der Waals surface area contributed by atoms with Crippen molar-refractivity contribution >= 4 is 11.0 Å². The second-order valence-corrected chi connectivity index (χ2v) is 3.18. The van der Waals surface area contributed by atoms with Crippen molar-refractivity contribution in [1.82, 2.24) is 0 Å². The Morgan fingerprint density at radius 1 is 1.38 bits per heavy atom. The Hall–Kier alpha value is -2.32. The van der Waals surface area contributed by atoms with Gasteiger partial charge in [0.15, 0.2) is 6.10 Å². The summed E-state index contributed by atoms with van der Waals surface area (Å²) >= 11 is 0. The SMILES string of the molecule is N#C[C@H](O)c1c([O-])ccc2ccc(=O)oc12. The van der Waals surface area contributed by atoms with Gasteiger partial charge < -0.3 is 14.6 Å². The van der Waals surface area contributed by atoms with E-state index in [9.17, 15) is 15.0 Å². The summed E-state index contributed by atoms with van der Waals surface area (Å²) in [5.41, 5.74) is -0.865. The first-order valence-corrected chi connectivity index (χ1v) is 4.45. The molecule has 1 aromatic carbocycles. The number of nitrogens with zero attached hydrogens (tertiary/aromatic N) is 1. The third-order valence-electron chi connectivity index (χ3n) is 2.18. The predicted molar refractivity (Wildman–Crippen MR) is 52.5 cm³/mol. The zero-order valence-electron chi connectivity index (χ0n) is 8.01. The van der Waals surface area contributed by atoms with Crippen LogP contribution in [0.3, 0.4) is 0 Å². The van der Waals surface area contributed by atoms with Gasteiger partial charge in [0, 0.05) is 17.0 Å². The zero-order valence-corrected chi connectivity index (χ0v) is 8.01. The van der Waals surface area contributed by atoms with Crippen LogP contribution >= 0.6 is 0 Å². The van der Waals surface area contributed by atoms with E-state index in [1.165, 1.54) is 30.3 Å². The summed E-state index contributed by atoms with van der Waals surface area (Å²) in [5, 5.41) is 29.9. The van der Waals surface area contributed by atoms with E-state index in [2.05, 4.69) is 0 Å². The molecule has 0 unspecified atom stereocenters. The van der Waals surface area contributed by atoms with Gasteiger partial charge in [0.25, 0.3) is 0 Å². The molecule has 1 aromatic heterocycles. The number of benzene rings is 1. The molecule has 16 heavy (non-hydrogen) atoms. The highest BCUT2D eigenvalue weighted by atomic mass is 16.4. The molecule has 0 aliphatic carbocycles. The summed E-state index contributed by atoms with van der Waals surface area (Å²) in [5.74, 6) is -0.532. The minimum absolute atomic E-state index is 0.0333. The van der Waals surface area contributed by atoms with Gasteiger partial charge in [-0.05, 0) is 6.07 Å². The van der Waals surface area contributed by atoms with Crippen LogP contribution in [0.1, 0.15) is 11.7 Å². The van der Waals surface area contributed by atoms with Gasteiger partial charge in [-0.2, -0.15) is 5.26 Å². The molecule has 0 aliphatic rings. The fraction of sp³-hybridized carbons (Fsp3) is 0.0909. The van der Waals surface area contributed by atoms with E-state index in [0.29, 0.717) is 5.39 Å². The molecule has 2 aromatic rings. The quantitative estimate of drug-likeness (QED) is 0.550. The monoisotopic (exact) mass is 216 g/mol. The highest BCUT2D eigenvalue weighted by Gasteiger charge is 2.13. The van der Waals surface area contributed by atoms with Crippen molar-refractivity contribution in [2.45, 2.75) is 6.10 Å². The summed E-state index contributed by atoms with van der Waals surface area (Å²) < 4.78 is 4.83. The molecule has 0 saturated heterocycles. The average Bonchev–Trinajstić information content (AvgIpc) is 2.28. The fourth-order valence-corrected chi connectivity index (χ4v) is 1.46. The third kappa shape index (κ3) is 1.51. The summed E-state index contributed by atoms with van der Waals surface area (Å²) in [7, 11) is 0. The number of hydrogen-bond donors (Lipinski definition) is 1. The van der Waals surface area contributed by atoms with Gasteiger partial charge in [-0.3, -0.25) is 0 Å². The van der Waals surface area contributed by atoms with E-state index in [0.717, 1.165) is 0 Å². The molecule has 1 heterocycles. The minimum Gasteiger partial charge on any atom is -0.872 e. The van der Waals surface area contributed by atoms with Gasteiger partial charge >= 0.3 is 5.63 Å². The summed E-state index contributed by atoms with van der Waals surface area (Å²) in [6, 6.07) is 6.88. The molecule has 1 atom stereocenters. The zero-order chi connectivity index (χ0) is 11.7. The Bertz CT molecular complexity index is 638. The number of aliphatic hydroxyl groups excluding tert-OH is 1. The van der Waals surface area contributed by atoms with Crippen molar-refractivity contribution in [2.24, 2.45) is 0 Å². The van der Waals surface area contributed by atoms with E-state index in [-0.39, 0.29) is 11.1 Å². The summed E-state index contributed by atoms with van der Waals surface area (Å²) in [6.45, 7) is 0. The first-order chi connectivity index (χ1) is 7.63. The second kappa shape index (κ2) is 3.68. The molecule has 0 bridgehead atoms. The fourth-order valence-electron chi connectivity index (χ4n) is 1.46. The van der Waals surface area contributed by atoms with Crippen molar-refractivity contribution in [1.29, 1.82) is 5.26 Å². The molecule has 0 radical (unpaired) electrons. The first kappa shape index (κ1) is 10.2. The van der Waals surface area contributed by atoms with Crippen LogP contribution in [-0.4, -0.2) is 5.11 Å². The maximum Gasteiger partial charge on any atom is 0.336 e. The van der Waals surface area contributed by atoms with Crippen LogP contribution in [0.25, 0.3) is 11.0 Å². The molecule has 0 saturated carbocycles. The van der Waals surface area contributed by atoms with Gasteiger partial charge in [-0.25, -0.2) is 4.79 Å². The van der Waals surface area contributed by atoms with Crippen molar-refractivity contribution < 1.29 is 14.6 Å². The van der Waals surface area contributed by atoms with Gasteiger partial charge in [-0.1, -0.05) is 17.9 Å². The maximum atomic E-state index is 11.5. The molecular formula is C11H6NO4-. The normalized spacial score (nSPS) is 12.2. The van der Waals surface area contributed by atoms with Crippen molar-refractivity contribution in [2.75, 3.05) is 0 Å². The average molecular weight is 216 g/mol. The predicted octanol–water partition coefficient (Wildman–Crippen LogP) is 0.424. The Labute approximate surface area is 89.8 Å². The van der Waals surface area contributed by atoms with Crippen LogP contribution in [0, 0.1) is 11.3 Å². The summed E-state index contributed by atoms with van der Waals surface area (Å²) in [4.78, 5) is 11.0. The van der Waals surface area contributed by atoms with Crippen molar-refractivity contribution in [3.8, 4) is 11.8 Å². The number of aliphatic hydroxyl groups is 1. The lowest BCUT2D eigenvalue weighted by Crippen LogP contribution is -2.05. The van der Waals surface area contributed by atoms with Gasteiger partial charge in [0.2, 0.25) is 0 Å². The number of hydrogen-bond acceptors (Lipinski definition) is 5. The molecule has 0 fully saturated rings. The largest absolute Gasteiger partial charge is 0.872 e. The molecule has 5 heteroatoms. The molecule has 2 rings (SSSR count). The van der Waals surface area contributed by atoms with Gasteiger partial charge in [-0.15, -0.1) is 0 Å². The lowest BCUT2D eigenvalue weighted by Gasteiger charge is -2.15.